The lowest BCUT2D eigenvalue weighted by Crippen LogP contribution is -2.25. The summed E-state index contributed by atoms with van der Waals surface area (Å²) in [6, 6.07) is 5.09. The van der Waals surface area contributed by atoms with Crippen LogP contribution in [0.5, 0.6) is 0 Å². The van der Waals surface area contributed by atoms with E-state index in [1.165, 1.54) is 0 Å². The van der Waals surface area contributed by atoms with Crippen molar-refractivity contribution < 1.29 is 4.79 Å². The Morgan fingerprint density at radius 3 is 2.39 bits per heavy atom. The summed E-state index contributed by atoms with van der Waals surface area (Å²) in [7, 11) is 0. The fraction of sp³-hybridized carbons (Fsp3) is 0.273. The summed E-state index contributed by atoms with van der Waals surface area (Å²) in [5.41, 5.74) is 0.535. The molecule has 1 unspecified atom stereocenters. The lowest BCUT2D eigenvalue weighted by molar-refractivity contribution is -0.117. The van der Waals surface area contributed by atoms with Gasteiger partial charge in [-0.05, 0) is 12.1 Å². The molecule has 1 atom stereocenters. The first-order chi connectivity index (χ1) is 8.59. The van der Waals surface area contributed by atoms with Gasteiger partial charge < -0.3 is 10.6 Å². The Kier molecular flexibility index (Phi) is 4.48. The molecule has 1 amide bonds. The number of guanidine groups is 1. The van der Waals surface area contributed by atoms with Gasteiger partial charge in [-0.25, -0.2) is 0 Å². The van der Waals surface area contributed by atoms with Crippen LogP contribution in [0.4, 0.5) is 0 Å². The highest BCUT2D eigenvalue weighted by atomic mass is 79.9. The van der Waals surface area contributed by atoms with Gasteiger partial charge in [-0.3, -0.25) is 4.79 Å². The largest absolute Gasteiger partial charge is 0.354 e. The fourth-order valence-corrected chi connectivity index (χ4v) is 3.02. The van der Waals surface area contributed by atoms with E-state index in [0.717, 1.165) is 13.1 Å². The van der Waals surface area contributed by atoms with Gasteiger partial charge in [-0.15, -0.1) is 0 Å². The maximum absolute atomic E-state index is 12.0. The Balaban J connectivity index is 2.23. The second kappa shape index (κ2) is 5.91. The maximum Gasteiger partial charge on any atom is 0.267 e. The zero-order valence-corrected chi connectivity index (χ0v) is 12.3. The summed E-state index contributed by atoms with van der Waals surface area (Å²) in [5.74, 6) is 0.120. The molecule has 1 fully saturated rings. The summed E-state index contributed by atoms with van der Waals surface area (Å²) in [6.45, 7) is 1.51. The van der Waals surface area contributed by atoms with Crippen LogP contribution in [0.25, 0.3) is 0 Å². The Morgan fingerprint density at radius 2 is 1.83 bits per heavy atom. The van der Waals surface area contributed by atoms with Gasteiger partial charge in [0.25, 0.3) is 5.91 Å². The zero-order valence-electron chi connectivity index (χ0n) is 9.21. The Labute approximate surface area is 123 Å². The third-order valence-corrected chi connectivity index (χ3v) is 3.91. The topological polar surface area (TPSA) is 53.5 Å². The van der Waals surface area contributed by atoms with Crippen molar-refractivity contribution in [2.75, 3.05) is 13.1 Å². The normalized spacial score (nSPS) is 15.8. The Morgan fingerprint density at radius 1 is 1.28 bits per heavy atom. The van der Waals surface area contributed by atoms with Crippen LogP contribution >= 0.6 is 39.1 Å². The van der Waals surface area contributed by atoms with E-state index in [2.05, 4.69) is 31.6 Å². The van der Waals surface area contributed by atoms with Crippen LogP contribution in [-0.4, -0.2) is 25.0 Å². The first kappa shape index (κ1) is 13.6. The van der Waals surface area contributed by atoms with Gasteiger partial charge in [0.1, 0.15) is 4.83 Å². The molecule has 0 aliphatic carbocycles. The molecule has 1 saturated heterocycles. The van der Waals surface area contributed by atoms with Crippen molar-refractivity contribution in [3.8, 4) is 0 Å². The number of alkyl halides is 1. The van der Waals surface area contributed by atoms with Crippen LogP contribution in [-0.2, 0) is 4.79 Å². The quantitative estimate of drug-likeness (QED) is 0.806. The summed E-state index contributed by atoms with van der Waals surface area (Å²) in [4.78, 5) is 15.2. The minimum absolute atomic E-state index is 0.359. The Bertz CT molecular complexity index is 479. The zero-order chi connectivity index (χ0) is 13.1. The van der Waals surface area contributed by atoms with E-state index in [0.29, 0.717) is 21.6 Å². The van der Waals surface area contributed by atoms with E-state index in [1.807, 2.05) is 0 Å². The number of amides is 1. The predicted molar refractivity (Wildman–Crippen MR) is 76.6 cm³/mol. The van der Waals surface area contributed by atoms with Gasteiger partial charge in [-0.1, -0.05) is 45.2 Å². The van der Waals surface area contributed by atoms with E-state index < -0.39 is 4.83 Å². The van der Waals surface area contributed by atoms with E-state index in [4.69, 9.17) is 23.2 Å². The van der Waals surface area contributed by atoms with Crippen LogP contribution in [0, 0.1) is 0 Å². The molecule has 0 saturated carbocycles. The van der Waals surface area contributed by atoms with Crippen LogP contribution in [0.2, 0.25) is 10.0 Å². The number of carbonyl (C=O) groups excluding carboxylic acids is 1. The molecule has 18 heavy (non-hydrogen) atoms. The molecule has 1 aromatic carbocycles. The molecule has 1 aliphatic heterocycles. The highest BCUT2D eigenvalue weighted by molar-refractivity contribution is 9.09. The van der Waals surface area contributed by atoms with Gasteiger partial charge in [0.05, 0.1) is 0 Å². The molecule has 7 heteroatoms. The number of rotatable bonds is 2. The Hall–Kier alpha value is -0.780. The number of nitrogens with zero attached hydrogens (tertiary/aromatic N) is 1. The summed E-state index contributed by atoms with van der Waals surface area (Å²) >= 11 is 15.4. The fourth-order valence-electron chi connectivity index (χ4n) is 1.55. The average Bonchev–Trinajstić information content (AvgIpc) is 2.81. The van der Waals surface area contributed by atoms with Gasteiger partial charge in [0, 0.05) is 28.7 Å². The van der Waals surface area contributed by atoms with Crippen molar-refractivity contribution in [1.29, 1.82) is 0 Å². The minimum atomic E-state index is -0.657. The van der Waals surface area contributed by atoms with Crippen molar-refractivity contribution in [1.82, 2.24) is 10.6 Å². The smallest absolute Gasteiger partial charge is 0.267 e. The number of nitrogens with one attached hydrogen (secondary N) is 2. The molecule has 2 N–H and O–H groups in total. The van der Waals surface area contributed by atoms with Gasteiger partial charge in [0.2, 0.25) is 0 Å². The van der Waals surface area contributed by atoms with Gasteiger partial charge >= 0.3 is 0 Å². The van der Waals surface area contributed by atoms with Gasteiger partial charge in [-0.2, -0.15) is 4.99 Å². The van der Waals surface area contributed by atoms with E-state index in [1.54, 1.807) is 18.2 Å². The highest BCUT2D eigenvalue weighted by Gasteiger charge is 2.23. The molecule has 0 spiro atoms. The minimum Gasteiger partial charge on any atom is -0.354 e. The second-order valence-corrected chi connectivity index (χ2v) is 5.38. The molecule has 0 bridgehead atoms. The molecular formula is C11H10BrCl2N3O. The molecule has 4 nitrogen and oxygen atoms in total. The third-order valence-electron chi connectivity index (χ3n) is 2.40. The van der Waals surface area contributed by atoms with Crippen LogP contribution in [0.1, 0.15) is 10.4 Å². The molecule has 96 valence electrons. The molecule has 1 heterocycles. The third kappa shape index (κ3) is 2.96. The first-order valence-electron chi connectivity index (χ1n) is 5.28. The van der Waals surface area contributed by atoms with Gasteiger partial charge in [0.15, 0.2) is 5.96 Å². The summed E-state index contributed by atoms with van der Waals surface area (Å²) < 4.78 is 0. The predicted octanol–water partition coefficient (Wildman–Crippen LogP) is 2.50. The number of carbonyl (C=O) groups is 1. The average molecular weight is 351 g/mol. The molecule has 0 radical (unpaired) electrons. The van der Waals surface area contributed by atoms with Crippen molar-refractivity contribution in [2.24, 2.45) is 4.99 Å². The number of benzene rings is 1. The first-order valence-corrected chi connectivity index (χ1v) is 6.95. The molecule has 0 aromatic heterocycles. The van der Waals surface area contributed by atoms with Crippen molar-refractivity contribution in [3.63, 3.8) is 0 Å². The summed E-state index contributed by atoms with van der Waals surface area (Å²) in [5, 5.41) is 6.78. The molecule has 1 aromatic rings. The van der Waals surface area contributed by atoms with Crippen molar-refractivity contribution in [3.05, 3.63) is 33.8 Å². The number of hydrogen-bond donors (Lipinski definition) is 2. The SMILES string of the molecule is O=C(N=C1NCCN1)C(Br)c1c(Cl)cccc1Cl. The molecule has 1 aliphatic rings. The second-order valence-electron chi connectivity index (χ2n) is 3.65. The number of halogens is 3. The number of hydrogen-bond acceptors (Lipinski definition) is 1. The lowest BCUT2D eigenvalue weighted by atomic mass is 10.1. The lowest BCUT2D eigenvalue weighted by Gasteiger charge is -2.10. The van der Waals surface area contributed by atoms with Crippen molar-refractivity contribution in [2.45, 2.75) is 4.83 Å². The monoisotopic (exact) mass is 349 g/mol. The van der Waals surface area contributed by atoms with E-state index >= 15 is 0 Å². The summed E-state index contributed by atoms with van der Waals surface area (Å²) in [6.07, 6.45) is 0. The van der Waals surface area contributed by atoms with Crippen molar-refractivity contribution >= 4 is 51.0 Å². The molecule has 2 rings (SSSR count). The van der Waals surface area contributed by atoms with E-state index in [9.17, 15) is 4.79 Å². The number of aliphatic imine (C=N–C) groups is 1. The highest BCUT2D eigenvalue weighted by Crippen LogP contribution is 2.35. The molecular weight excluding hydrogens is 341 g/mol. The van der Waals surface area contributed by atoms with Crippen LogP contribution < -0.4 is 10.6 Å². The standard InChI is InChI=1S/C11H10BrCl2N3O/c12-9(8-6(13)2-1-3-7(8)14)10(18)17-11-15-4-5-16-11/h1-3,9H,4-5H2,(H2,15,16,17,18). The van der Waals surface area contributed by atoms with E-state index in [-0.39, 0.29) is 5.91 Å². The van der Waals surface area contributed by atoms with Crippen LogP contribution in [0.15, 0.2) is 23.2 Å². The van der Waals surface area contributed by atoms with Crippen LogP contribution in [0.3, 0.4) is 0 Å². The maximum atomic E-state index is 12.0.